The maximum Gasteiger partial charge on any atom is 0.224 e. The number of nitriles is 1. The lowest BCUT2D eigenvalue weighted by Crippen LogP contribution is -2.25. The minimum atomic E-state index is -0.0328. The van der Waals surface area contributed by atoms with Gasteiger partial charge in [0.15, 0.2) is 0 Å². The number of hydrogen-bond acceptors (Lipinski definition) is 7. The number of fused-ring (bicyclic) bond motifs is 1. The van der Waals surface area contributed by atoms with Gasteiger partial charge < -0.3 is 9.88 Å². The Bertz CT molecular complexity index is 1220. The van der Waals surface area contributed by atoms with Crippen molar-refractivity contribution in [2.24, 2.45) is 5.92 Å². The highest BCUT2D eigenvalue weighted by Gasteiger charge is 2.32. The molecule has 1 N–H and O–H groups in total. The van der Waals surface area contributed by atoms with Crippen molar-refractivity contribution >= 4 is 28.5 Å². The van der Waals surface area contributed by atoms with E-state index in [-0.39, 0.29) is 17.2 Å². The Morgan fingerprint density at radius 3 is 3.10 bits per heavy atom. The summed E-state index contributed by atoms with van der Waals surface area (Å²) in [6, 6.07) is 6.10. The zero-order chi connectivity index (χ0) is 20.5. The van der Waals surface area contributed by atoms with Crippen LogP contribution in [0.15, 0.2) is 43.2 Å². The third-order valence-electron chi connectivity index (χ3n) is 5.57. The number of H-pyrrole nitrogens is 1. The van der Waals surface area contributed by atoms with E-state index in [9.17, 15) is 5.26 Å². The standard InChI is InChI=1S/C20H18ClN9/c21-20-24-7-3-17(28-20)29-8-4-13(10-29)16(1-5-22)30-11-14(9-27-30)18-15-2-6-23-19(15)26-12-25-18/h2-3,6-7,9,11-13,16H,1,4,8,10H2,(H,23,25,26). The van der Waals surface area contributed by atoms with E-state index in [4.69, 9.17) is 11.6 Å². The van der Waals surface area contributed by atoms with Gasteiger partial charge >= 0.3 is 0 Å². The molecule has 1 saturated heterocycles. The van der Waals surface area contributed by atoms with Gasteiger partial charge in [0.1, 0.15) is 17.8 Å². The van der Waals surface area contributed by atoms with Crippen molar-refractivity contribution in [3.8, 4) is 17.3 Å². The van der Waals surface area contributed by atoms with Crippen molar-refractivity contribution < 1.29 is 0 Å². The summed E-state index contributed by atoms with van der Waals surface area (Å²) in [5, 5.41) is 15.2. The largest absolute Gasteiger partial charge is 0.356 e. The maximum absolute atomic E-state index is 9.45. The minimum absolute atomic E-state index is 0.0328. The Balaban J connectivity index is 1.41. The average Bonchev–Trinajstić information content (AvgIpc) is 3.52. The summed E-state index contributed by atoms with van der Waals surface area (Å²) < 4.78 is 1.90. The van der Waals surface area contributed by atoms with Gasteiger partial charge in [-0.2, -0.15) is 10.4 Å². The van der Waals surface area contributed by atoms with Crippen LogP contribution in [0.1, 0.15) is 18.9 Å². The number of anilines is 1. The number of rotatable bonds is 5. The molecular formula is C20H18ClN9. The Hall–Kier alpha value is -3.51. The van der Waals surface area contributed by atoms with Crippen LogP contribution in [0.4, 0.5) is 5.82 Å². The number of nitrogens with one attached hydrogen (secondary N) is 1. The number of aromatic nitrogens is 7. The molecular weight excluding hydrogens is 402 g/mol. The second-order valence-electron chi connectivity index (χ2n) is 7.28. The van der Waals surface area contributed by atoms with Crippen LogP contribution < -0.4 is 4.90 Å². The third-order valence-corrected chi connectivity index (χ3v) is 5.76. The summed E-state index contributed by atoms with van der Waals surface area (Å²) >= 11 is 5.94. The number of hydrogen-bond donors (Lipinski definition) is 1. The smallest absolute Gasteiger partial charge is 0.224 e. The van der Waals surface area contributed by atoms with Crippen LogP contribution in [0.2, 0.25) is 5.28 Å². The van der Waals surface area contributed by atoms with Crippen molar-refractivity contribution in [1.82, 2.24) is 34.7 Å². The molecule has 0 aliphatic carbocycles. The third kappa shape index (κ3) is 3.35. The fourth-order valence-electron chi connectivity index (χ4n) is 4.13. The van der Waals surface area contributed by atoms with Gasteiger partial charge in [-0.3, -0.25) is 4.68 Å². The first-order chi connectivity index (χ1) is 14.7. The van der Waals surface area contributed by atoms with Gasteiger partial charge in [0.25, 0.3) is 0 Å². The summed E-state index contributed by atoms with van der Waals surface area (Å²) in [5.41, 5.74) is 2.52. The molecule has 5 rings (SSSR count). The first-order valence-corrected chi connectivity index (χ1v) is 10.0. The Morgan fingerprint density at radius 1 is 1.30 bits per heavy atom. The Morgan fingerprint density at radius 2 is 2.23 bits per heavy atom. The molecule has 10 heteroatoms. The Labute approximate surface area is 177 Å². The van der Waals surface area contributed by atoms with Gasteiger partial charge in [-0.15, -0.1) is 0 Å². The highest BCUT2D eigenvalue weighted by molar-refractivity contribution is 6.28. The molecule has 4 aromatic rings. The molecule has 0 radical (unpaired) electrons. The van der Waals surface area contributed by atoms with Crippen LogP contribution >= 0.6 is 11.6 Å². The fraction of sp³-hybridized carbons (Fsp3) is 0.300. The topological polar surface area (TPSA) is 112 Å². The van der Waals surface area contributed by atoms with Gasteiger partial charge in [-0.05, 0) is 30.2 Å². The van der Waals surface area contributed by atoms with Gasteiger partial charge in [0.05, 0.1) is 30.4 Å². The van der Waals surface area contributed by atoms with Crippen LogP contribution in [0.5, 0.6) is 0 Å². The highest BCUT2D eigenvalue weighted by Crippen LogP contribution is 2.33. The summed E-state index contributed by atoms with van der Waals surface area (Å²) in [5.74, 6) is 1.08. The van der Waals surface area contributed by atoms with E-state index in [1.165, 1.54) is 0 Å². The van der Waals surface area contributed by atoms with Crippen molar-refractivity contribution in [1.29, 1.82) is 5.26 Å². The molecule has 0 saturated carbocycles. The summed E-state index contributed by atoms with van der Waals surface area (Å²) in [4.78, 5) is 22.2. The van der Waals surface area contributed by atoms with Crippen molar-refractivity contribution in [3.05, 3.63) is 48.5 Å². The van der Waals surface area contributed by atoms with E-state index in [0.717, 1.165) is 47.6 Å². The quantitative estimate of drug-likeness (QED) is 0.494. The summed E-state index contributed by atoms with van der Waals surface area (Å²) in [6.45, 7) is 1.63. The van der Waals surface area contributed by atoms with Crippen LogP contribution in [-0.4, -0.2) is 47.8 Å². The van der Waals surface area contributed by atoms with E-state index >= 15 is 0 Å². The zero-order valence-corrected chi connectivity index (χ0v) is 16.7. The molecule has 5 heterocycles. The van der Waals surface area contributed by atoms with Gasteiger partial charge in [-0.1, -0.05) is 0 Å². The summed E-state index contributed by atoms with van der Waals surface area (Å²) in [7, 11) is 0. The lowest BCUT2D eigenvalue weighted by molar-refractivity contribution is 0.332. The normalized spacial score (nSPS) is 17.3. The lowest BCUT2D eigenvalue weighted by Gasteiger charge is -2.23. The molecule has 0 bridgehead atoms. The SMILES string of the molecule is N#CCC(C1CCN(c2ccnc(Cl)n2)C1)n1cc(-c2ncnc3[nH]ccc23)cn1. The molecule has 2 unspecified atom stereocenters. The molecule has 0 spiro atoms. The van der Waals surface area contributed by atoms with E-state index in [2.05, 4.69) is 41.0 Å². The van der Waals surface area contributed by atoms with E-state index < -0.39 is 0 Å². The zero-order valence-electron chi connectivity index (χ0n) is 16.0. The van der Waals surface area contributed by atoms with Crippen molar-refractivity contribution in [2.75, 3.05) is 18.0 Å². The van der Waals surface area contributed by atoms with Gasteiger partial charge in [0, 0.05) is 48.5 Å². The second-order valence-corrected chi connectivity index (χ2v) is 7.62. The molecule has 0 amide bonds. The highest BCUT2D eigenvalue weighted by atomic mass is 35.5. The lowest BCUT2D eigenvalue weighted by atomic mass is 9.96. The van der Waals surface area contributed by atoms with Crippen molar-refractivity contribution in [2.45, 2.75) is 18.9 Å². The monoisotopic (exact) mass is 419 g/mol. The second kappa shape index (κ2) is 7.72. The number of nitrogens with zero attached hydrogens (tertiary/aromatic N) is 8. The number of aromatic amines is 1. The molecule has 4 aromatic heterocycles. The van der Waals surface area contributed by atoms with E-state index in [0.29, 0.717) is 6.42 Å². The van der Waals surface area contributed by atoms with E-state index in [1.54, 1.807) is 18.7 Å². The molecule has 30 heavy (non-hydrogen) atoms. The molecule has 2 atom stereocenters. The molecule has 1 aliphatic rings. The molecule has 1 fully saturated rings. The van der Waals surface area contributed by atoms with Crippen LogP contribution in [-0.2, 0) is 0 Å². The molecule has 0 aromatic carbocycles. The fourth-order valence-corrected chi connectivity index (χ4v) is 4.27. The van der Waals surface area contributed by atoms with E-state index in [1.807, 2.05) is 29.2 Å². The predicted octanol–water partition coefficient (Wildman–Crippen LogP) is 3.25. The molecule has 9 nitrogen and oxygen atoms in total. The van der Waals surface area contributed by atoms with Gasteiger partial charge in [-0.25, -0.2) is 19.9 Å². The molecule has 1 aliphatic heterocycles. The average molecular weight is 420 g/mol. The summed E-state index contributed by atoms with van der Waals surface area (Å²) in [6.07, 6.45) is 10.1. The molecule has 150 valence electrons. The first-order valence-electron chi connectivity index (χ1n) is 9.66. The minimum Gasteiger partial charge on any atom is -0.356 e. The van der Waals surface area contributed by atoms with Crippen LogP contribution in [0.3, 0.4) is 0 Å². The van der Waals surface area contributed by atoms with Crippen LogP contribution in [0.25, 0.3) is 22.3 Å². The van der Waals surface area contributed by atoms with Gasteiger partial charge in [0.2, 0.25) is 5.28 Å². The first kappa shape index (κ1) is 18.5. The Kier molecular flexibility index (Phi) is 4.77. The maximum atomic E-state index is 9.45. The van der Waals surface area contributed by atoms with Crippen molar-refractivity contribution in [3.63, 3.8) is 0 Å². The number of halogens is 1. The van der Waals surface area contributed by atoms with Crippen LogP contribution in [0, 0.1) is 17.2 Å². The predicted molar refractivity (Wildman–Crippen MR) is 112 cm³/mol.